The lowest BCUT2D eigenvalue weighted by atomic mass is 10.2. The molecule has 1 heterocycles. The van der Waals surface area contributed by atoms with E-state index in [0.717, 1.165) is 12.2 Å². The third-order valence-corrected chi connectivity index (χ3v) is 3.10. The Bertz CT molecular complexity index is 369. The van der Waals surface area contributed by atoms with Gasteiger partial charge in [-0.3, -0.25) is 0 Å². The van der Waals surface area contributed by atoms with Crippen LogP contribution >= 0.6 is 11.8 Å². The molecule has 0 saturated heterocycles. The van der Waals surface area contributed by atoms with E-state index in [4.69, 9.17) is 10.5 Å². The molecule has 0 amide bonds. The number of anilines is 1. The van der Waals surface area contributed by atoms with E-state index in [1.807, 2.05) is 0 Å². The molecule has 0 aliphatic rings. The normalized spacial score (nSPS) is 10.1. The average Bonchev–Trinajstić information content (AvgIpc) is 2.28. The summed E-state index contributed by atoms with van der Waals surface area (Å²) in [6.07, 6.45) is 2.62. The fourth-order valence-corrected chi connectivity index (χ4v) is 1.95. The molecule has 5 heteroatoms. The van der Waals surface area contributed by atoms with Gasteiger partial charge in [0.25, 0.3) is 0 Å². The highest BCUT2D eigenvalue weighted by Crippen LogP contribution is 2.26. The molecule has 0 aliphatic heterocycles. The number of hydrogen-bond acceptors (Lipinski definition) is 5. The summed E-state index contributed by atoms with van der Waals surface area (Å²) in [5.41, 5.74) is 6.69. The Hall–Kier alpha value is -1.23. The molecule has 4 nitrogen and oxygen atoms in total. The molecule has 0 spiro atoms. The molecule has 0 unspecified atom stereocenters. The zero-order valence-electron chi connectivity index (χ0n) is 9.53. The first-order valence-electron chi connectivity index (χ1n) is 5.25. The first-order chi connectivity index (χ1) is 7.70. The Kier molecular flexibility index (Phi) is 5.11. The smallest absolute Gasteiger partial charge is 0.340 e. The maximum absolute atomic E-state index is 11.6. The SMILES string of the molecule is CCCSc1nccc(C(=O)OCC)c1N. The van der Waals surface area contributed by atoms with Crippen molar-refractivity contribution in [3.05, 3.63) is 17.8 Å². The first-order valence-corrected chi connectivity index (χ1v) is 6.23. The topological polar surface area (TPSA) is 65.2 Å². The molecular formula is C11H16N2O2S. The average molecular weight is 240 g/mol. The summed E-state index contributed by atoms with van der Waals surface area (Å²) >= 11 is 1.55. The van der Waals surface area contributed by atoms with E-state index < -0.39 is 0 Å². The lowest BCUT2D eigenvalue weighted by Gasteiger charge is -2.08. The number of nitrogens with two attached hydrogens (primary N) is 1. The lowest BCUT2D eigenvalue weighted by molar-refractivity contribution is 0.0527. The maximum atomic E-state index is 11.6. The molecule has 1 rings (SSSR count). The summed E-state index contributed by atoms with van der Waals surface area (Å²) in [6.45, 7) is 4.19. The number of esters is 1. The number of rotatable bonds is 5. The van der Waals surface area contributed by atoms with Gasteiger partial charge in [-0.25, -0.2) is 9.78 Å². The molecular weight excluding hydrogens is 224 g/mol. The first kappa shape index (κ1) is 12.8. The van der Waals surface area contributed by atoms with Crippen molar-refractivity contribution >= 4 is 23.4 Å². The Balaban J connectivity index is 2.89. The van der Waals surface area contributed by atoms with Crippen molar-refractivity contribution in [1.82, 2.24) is 4.98 Å². The van der Waals surface area contributed by atoms with Gasteiger partial charge in [0.15, 0.2) is 0 Å². The number of carbonyl (C=O) groups is 1. The highest BCUT2D eigenvalue weighted by Gasteiger charge is 2.14. The maximum Gasteiger partial charge on any atom is 0.340 e. The largest absolute Gasteiger partial charge is 0.462 e. The third-order valence-electron chi connectivity index (χ3n) is 1.89. The molecule has 0 fully saturated rings. The van der Waals surface area contributed by atoms with Gasteiger partial charge in [0.05, 0.1) is 17.9 Å². The molecule has 2 N–H and O–H groups in total. The van der Waals surface area contributed by atoms with Gasteiger partial charge < -0.3 is 10.5 Å². The van der Waals surface area contributed by atoms with E-state index in [0.29, 0.717) is 22.9 Å². The molecule has 16 heavy (non-hydrogen) atoms. The molecule has 0 saturated carbocycles. The van der Waals surface area contributed by atoms with E-state index in [-0.39, 0.29) is 5.97 Å². The quantitative estimate of drug-likeness (QED) is 0.632. The number of ether oxygens (including phenoxy) is 1. The van der Waals surface area contributed by atoms with Crippen LogP contribution in [0.1, 0.15) is 30.6 Å². The van der Waals surface area contributed by atoms with Gasteiger partial charge in [0.1, 0.15) is 5.03 Å². The number of nitrogen functional groups attached to an aromatic ring is 1. The Labute approximate surface area is 99.6 Å². The highest BCUT2D eigenvalue weighted by atomic mass is 32.2. The van der Waals surface area contributed by atoms with Gasteiger partial charge >= 0.3 is 5.97 Å². The fourth-order valence-electron chi connectivity index (χ4n) is 1.15. The number of aromatic nitrogens is 1. The van der Waals surface area contributed by atoms with Crippen LogP contribution in [0.3, 0.4) is 0 Å². The van der Waals surface area contributed by atoms with Crippen molar-refractivity contribution in [2.45, 2.75) is 25.3 Å². The zero-order valence-corrected chi connectivity index (χ0v) is 10.3. The van der Waals surface area contributed by atoms with Crippen LogP contribution in [0.15, 0.2) is 17.3 Å². The van der Waals surface area contributed by atoms with E-state index in [2.05, 4.69) is 11.9 Å². The minimum absolute atomic E-state index is 0.345. The minimum atomic E-state index is -0.388. The van der Waals surface area contributed by atoms with E-state index in [9.17, 15) is 4.79 Å². The van der Waals surface area contributed by atoms with Crippen LogP contribution < -0.4 is 5.73 Å². The minimum Gasteiger partial charge on any atom is -0.462 e. The van der Waals surface area contributed by atoms with Crippen LogP contribution in [-0.2, 0) is 4.74 Å². The highest BCUT2D eigenvalue weighted by molar-refractivity contribution is 7.99. The van der Waals surface area contributed by atoms with Gasteiger partial charge in [-0.05, 0) is 25.2 Å². The number of thioether (sulfide) groups is 1. The van der Waals surface area contributed by atoms with Gasteiger partial charge in [0, 0.05) is 6.20 Å². The van der Waals surface area contributed by atoms with Gasteiger partial charge in [-0.15, -0.1) is 11.8 Å². The van der Waals surface area contributed by atoms with Crippen molar-refractivity contribution in [3.63, 3.8) is 0 Å². The second-order valence-corrected chi connectivity index (χ2v) is 4.23. The third kappa shape index (κ3) is 3.13. The van der Waals surface area contributed by atoms with Crippen molar-refractivity contribution < 1.29 is 9.53 Å². The molecule has 0 aliphatic carbocycles. The predicted molar refractivity (Wildman–Crippen MR) is 65.6 cm³/mol. The number of nitrogens with zero attached hydrogens (tertiary/aromatic N) is 1. The van der Waals surface area contributed by atoms with Crippen LogP contribution in [0.25, 0.3) is 0 Å². The summed E-state index contributed by atoms with van der Waals surface area (Å²) in [5.74, 6) is 0.546. The standard InChI is InChI=1S/C11H16N2O2S/c1-3-7-16-10-9(12)8(5-6-13-10)11(14)15-4-2/h5-6H,3-4,7,12H2,1-2H3. The summed E-state index contributed by atoms with van der Waals surface area (Å²) in [7, 11) is 0. The lowest BCUT2D eigenvalue weighted by Crippen LogP contribution is -2.09. The number of carbonyl (C=O) groups excluding carboxylic acids is 1. The molecule has 88 valence electrons. The molecule has 0 radical (unpaired) electrons. The second-order valence-electron chi connectivity index (χ2n) is 3.15. The van der Waals surface area contributed by atoms with Crippen molar-refractivity contribution in [2.75, 3.05) is 18.1 Å². The van der Waals surface area contributed by atoms with Crippen LogP contribution in [0.5, 0.6) is 0 Å². The summed E-state index contributed by atoms with van der Waals surface area (Å²) in [6, 6.07) is 1.59. The van der Waals surface area contributed by atoms with Gasteiger partial charge in [-0.1, -0.05) is 6.92 Å². The summed E-state index contributed by atoms with van der Waals surface area (Å²) in [4.78, 5) is 15.7. The fraction of sp³-hybridized carbons (Fsp3) is 0.455. The number of hydrogen-bond donors (Lipinski definition) is 1. The number of pyridine rings is 1. The predicted octanol–water partition coefficient (Wildman–Crippen LogP) is 2.34. The van der Waals surface area contributed by atoms with E-state index in [1.165, 1.54) is 0 Å². The van der Waals surface area contributed by atoms with Crippen molar-refractivity contribution in [3.8, 4) is 0 Å². The van der Waals surface area contributed by atoms with E-state index in [1.54, 1.807) is 30.9 Å². The summed E-state index contributed by atoms with van der Waals surface area (Å²) in [5, 5.41) is 0.701. The van der Waals surface area contributed by atoms with Crippen molar-refractivity contribution in [2.24, 2.45) is 0 Å². The zero-order chi connectivity index (χ0) is 12.0. The van der Waals surface area contributed by atoms with Crippen LogP contribution in [-0.4, -0.2) is 23.3 Å². The van der Waals surface area contributed by atoms with Crippen LogP contribution in [0.4, 0.5) is 5.69 Å². The van der Waals surface area contributed by atoms with Gasteiger partial charge in [0.2, 0.25) is 0 Å². The molecule has 1 aromatic heterocycles. The Morgan fingerprint density at radius 3 is 2.94 bits per heavy atom. The van der Waals surface area contributed by atoms with Crippen LogP contribution in [0.2, 0.25) is 0 Å². The van der Waals surface area contributed by atoms with Crippen molar-refractivity contribution in [1.29, 1.82) is 0 Å². The Morgan fingerprint density at radius 1 is 1.56 bits per heavy atom. The van der Waals surface area contributed by atoms with Gasteiger partial charge in [-0.2, -0.15) is 0 Å². The molecule has 0 atom stereocenters. The Morgan fingerprint density at radius 2 is 2.31 bits per heavy atom. The molecule has 0 bridgehead atoms. The molecule has 0 aromatic carbocycles. The second kappa shape index (κ2) is 6.37. The molecule has 1 aromatic rings. The summed E-state index contributed by atoms with van der Waals surface area (Å²) < 4.78 is 4.91. The van der Waals surface area contributed by atoms with Crippen LogP contribution in [0, 0.1) is 0 Å². The monoisotopic (exact) mass is 240 g/mol. The van der Waals surface area contributed by atoms with E-state index >= 15 is 0 Å².